The molecule has 0 saturated heterocycles. The van der Waals surface area contributed by atoms with Gasteiger partial charge in [0.25, 0.3) is 0 Å². The van der Waals surface area contributed by atoms with Crippen molar-refractivity contribution < 1.29 is 0 Å². The second-order valence-corrected chi connectivity index (χ2v) is 8.81. The van der Waals surface area contributed by atoms with Gasteiger partial charge in [0.1, 0.15) is 0 Å². The van der Waals surface area contributed by atoms with Gasteiger partial charge in [-0.15, -0.1) is 0 Å². The van der Waals surface area contributed by atoms with E-state index in [1.807, 2.05) is 78.9 Å². The number of rotatable bonds is 5. The molecule has 0 unspecified atom stereocenters. The van der Waals surface area contributed by atoms with Gasteiger partial charge >= 0.3 is 0 Å². The summed E-state index contributed by atoms with van der Waals surface area (Å²) in [4.78, 5) is 2.13. The van der Waals surface area contributed by atoms with Gasteiger partial charge in [0.05, 0.1) is 46.5 Å². The maximum atomic E-state index is 9.35. The first kappa shape index (κ1) is 24.5. The van der Waals surface area contributed by atoms with Crippen molar-refractivity contribution in [3.8, 4) is 46.5 Å². The Labute approximate surface area is 226 Å². The third-order valence-electron chi connectivity index (χ3n) is 6.31. The van der Waals surface area contributed by atoms with Crippen LogP contribution in [0.4, 0.5) is 17.1 Å². The topological polar surface area (TPSA) is 98.4 Å². The van der Waals surface area contributed by atoms with E-state index in [1.165, 1.54) is 0 Å². The van der Waals surface area contributed by atoms with Crippen molar-refractivity contribution in [3.05, 3.63) is 138 Å². The number of benzene rings is 5. The maximum Gasteiger partial charge on any atom is 0.0992 e. The van der Waals surface area contributed by atoms with E-state index < -0.39 is 0 Å². The van der Waals surface area contributed by atoms with Gasteiger partial charge in [-0.2, -0.15) is 21.0 Å². The molecule has 5 rings (SSSR count). The molecule has 0 bridgehead atoms. The molecule has 0 spiro atoms. The van der Waals surface area contributed by atoms with Crippen LogP contribution >= 0.6 is 0 Å². The van der Waals surface area contributed by atoms with Gasteiger partial charge in [0.15, 0.2) is 0 Å². The van der Waals surface area contributed by atoms with Crippen molar-refractivity contribution in [2.75, 3.05) is 4.90 Å². The number of hydrogen-bond donors (Lipinski definition) is 0. The van der Waals surface area contributed by atoms with Crippen molar-refractivity contribution in [2.24, 2.45) is 0 Å². The summed E-state index contributed by atoms with van der Waals surface area (Å²) < 4.78 is 0. The Bertz CT molecular complexity index is 1640. The molecule has 0 heterocycles. The normalized spacial score (nSPS) is 9.95. The molecule has 0 amide bonds. The lowest BCUT2D eigenvalue weighted by Crippen LogP contribution is -2.09. The summed E-state index contributed by atoms with van der Waals surface area (Å²) >= 11 is 0. The highest BCUT2D eigenvalue weighted by Crippen LogP contribution is 2.37. The smallest absolute Gasteiger partial charge is 0.0992 e. The molecule has 0 aliphatic rings. The SMILES string of the molecule is N#Cc1cc(C#N)cc(-c2ccc(N(c3ccccc3)c3ccc(-c4cc(C#N)cc(C#N)c4)cc3)cc2)c1. The molecule has 5 heteroatoms. The third-order valence-corrected chi connectivity index (χ3v) is 6.31. The first-order valence-corrected chi connectivity index (χ1v) is 12.1. The van der Waals surface area contributed by atoms with Crippen LogP contribution in [0.3, 0.4) is 0 Å². The van der Waals surface area contributed by atoms with Gasteiger partial charge < -0.3 is 4.90 Å². The number of para-hydroxylation sites is 1. The molecule has 5 nitrogen and oxygen atoms in total. The Hall–Kier alpha value is -6.14. The predicted molar refractivity (Wildman–Crippen MR) is 151 cm³/mol. The quantitative estimate of drug-likeness (QED) is 0.245. The fourth-order valence-electron chi connectivity index (χ4n) is 4.48. The largest absolute Gasteiger partial charge is 0.311 e. The average molecular weight is 498 g/mol. The standard InChI is InChI=1S/C34H19N5/c35-20-24-14-25(21-36)17-30(16-24)28-6-10-33(11-7-28)39(32-4-2-1-3-5-32)34-12-8-29(9-13-34)31-18-26(22-37)15-27(19-31)23-38/h1-19H. The first-order valence-electron chi connectivity index (χ1n) is 12.1. The number of anilines is 3. The first-order chi connectivity index (χ1) is 19.1. The molecule has 0 N–H and O–H groups in total. The monoisotopic (exact) mass is 497 g/mol. The molecule has 0 aromatic heterocycles. The van der Waals surface area contributed by atoms with E-state index in [2.05, 4.69) is 29.2 Å². The molecule has 0 radical (unpaired) electrons. The van der Waals surface area contributed by atoms with E-state index in [1.54, 1.807) is 36.4 Å². The summed E-state index contributed by atoms with van der Waals surface area (Å²) in [5.74, 6) is 0. The lowest BCUT2D eigenvalue weighted by atomic mass is 9.99. The van der Waals surface area contributed by atoms with Crippen molar-refractivity contribution in [1.82, 2.24) is 0 Å². The van der Waals surface area contributed by atoms with E-state index >= 15 is 0 Å². The van der Waals surface area contributed by atoms with Gasteiger partial charge in [0, 0.05) is 17.1 Å². The van der Waals surface area contributed by atoms with E-state index in [-0.39, 0.29) is 0 Å². The van der Waals surface area contributed by atoms with E-state index in [0.717, 1.165) is 39.3 Å². The molecule has 5 aromatic rings. The fourth-order valence-corrected chi connectivity index (χ4v) is 4.48. The molecule has 0 aliphatic carbocycles. The minimum absolute atomic E-state index is 0.446. The zero-order valence-electron chi connectivity index (χ0n) is 20.7. The van der Waals surface area contributed by atoms with Crippen LogP contribution in [0, 0.1) is 45.3 Å². The second kappa shape index (κ2) is 10.9. The van der Waals surface area contributed by atoms with Crippen LogP contribution in [0.2, 0.25) is 0 Å². The summed E-state index contributed by atoms with van der Waals surface area (Å²) in [6, 6.07) is 44.7. The summed E-state index contributed by atoms with van der Waals surface area (Å²) in [6.45, 7) is 0. The highest BCUT2D eigenvalue weighted by atomic mass is 15.1. The minimum atomic E-state index is 0.446. The fraction of sp³-hybridized carbons (Fsp3) is 0. The Balaban J connectivity index is 1.53. The Kier molecular flexibility index (Phi) is 6.84. The van der Waals surface area contributed by atoms with Crippen LogP contribution in [-0.2, 0) is 0 Å². The zero-order chi connectivity index (χ0) is 27.2. The van der Waals surface area contributed by atoms with Crippen molar-refractivity contribution in [3.63, 3.8) is 0 Å². The van der Waals surface area contributed by atoms with Gasteiger partial charge in [-0.25, -0.2) is 0 Å². The second-order valence-electron chi connectivity index (χ2n) is 8.81. The Morgan fingerprint density at radius 1 is 0.359 bits per heavy atom. The predicted octanol–water partition coefficient (Wildman–Crippen LogP) is 7.98. The van der Waals surface area contributed by atoms with E-state index in [0.29, 0.717) is 22.3 Å². The maximum absolute atomic E-state index is 9.35. The van der Waals surface area contributed by atoms with Crippen LogP contribution in [-0.4, -0.2) is 0 Å². The molecular weight excluding hydrogens is 478 g/mol. The molecule has 0 atom stereocenters. The lowest BCUT2D eigenvalue weighted by molar-refractivity contribution is 1.28. The third kappa shape index (κ3) is 5.21. The van der Waals surface area contributed by atoms with Crippen molar-refractivity contribution in [2.45, 2.75) is 0 Å². The van der Waals surface area contributed by atoms with Gasteiger partial charge in [-0.05, 0) is 95.1 Å². The highest BCUT2D eigenvalue weighted by Gasteiger charge is 2.13. The van der Waals surface area contributed by atoms with Crippen LogP contribution in [0.25, 0.3) is 22.3 Å². The van der Waals surface area contributed by atoms with Gasteiger partial charge in [-0.1, -0.05) is 42.5 Å². The molecule has 0 saturated carbocycles. The minimum Gasteiger partial charge on any atom is -0.311 e. The Morgan fingerprint density at radius 2 is 0.692 bits per heavy atom. The van der Waals surface area contributed by atoms with Crippen LogP contribution in [0.1, 0.15) is 22.3 Å². The summed E-state index contributed by atoms with van der Waals surface area (Å²) in [7, 11) is 0. The van der Waals surface area contributed by atoms with Crippen LogP contribution in [0.15, 0.2) is 115 Å². The number of hydrogen-bond acceptors (Lipinski definition) is 5. The molecule has 180 valence electrons. The van der Waals surface area contributed by atoms with Crippen LogP contribution < -0.4 is 4.90 Å². The molecule has 39 heavy (non-hydrogen) atoms. The summed E-state index contributed by atoms with van der Waals surface area (Å²) in [5.41, 5.74) is 8.07. The molecule has 0 fully saturated rings. The molecule has 5 aromatic carbocycles. The number of nitrogens with zero attached hydrogens (tertiary/aromatic N) is 5. The zero-order valence-corrected chi connectivity index (χ0v) is 20.7. The van der Waals surface area contributed by atoms with E-state index in [9.17, 15) is 21.0 Å². The summed E-state index contributed by atoms with van der Waals surface area (Å²) in [6.07, 6.45) is 0. The Morgan fingerprint density at radius 3 is 1.03 bits per heavy atom. The average Bonchev–Trinajstić information content (AvgIpc) is 3.01. The van der Waals surface area contributed by atoms with Gasteiger partial charge in [-0.3, -0.25) is 0 Å². The van der Waals surface area contributed by atoms with Crippen LogP contribution in [0.5, 0.6) is 0 Å². The van der Waals surface area contributed by atoms with Crippen molar-refractivity contribution in [1.29, 1.82) is 21.0 Å². The lowest BCUT2D eigenvalue weighted by Gasteiger charge is -2.26. The van der Waals surface area contributed by atoms with E-state index in [4.69, 9.17) is 0 Å². The van der Waals surface area contributed by atoms with Gasteiger partial charge in [0.2, 0.25) is 0 Å². The van der Waals surface area contributed by atoms with Crippen molar-refractivity contribution >= 4 is 17.1 Å². The number of nitriles is 4. The summed E-state index contributed by atoms with van der Waals surface area (Å²) in [5, 5.41) is 37.4. The molecule has 0 aliphatic heterocycles. The highest BCUT2D eigenvalue weighted by molar-refractivity contribution is 5.80. The molecular formula is C34H19N5.